The molecule has 0 aliphatic carbocycles. The van der Waals surface area contributed by atoms with E-state index in [0.29, 0.717) is 27.9 Å². The number of methoxy groups -OCH3 is 1. The van der Waals surface area contributed by atoms with E-state index in [4.69, 9.17) is 16.3 Å². The third-order valence-electron chi connectivity index (χ3n) is 4.31. The molecule has 6 nitrogen and oxygen atoms in total. The van der Waals surface area contributed by atoms with Crippen LogP contribution in [0.1, 0.15) is 21.6 Å². The number of fused-ring (bicyclic) bond motifs is 1. The Morgan fingerprint density at radius 1 is 1.22 bits per heavy atom. The van der Waals surface area contributed by atoms with Crippen molar-refractivity contribution in [1.29, 1.82) is 0 Å². The molecule has 0 bridgehead atoms. The van der Waals surface area contributed by atoms with Crippen LogP contribution in [0.4, 0.5) is 5.82 Å². The van der Waals surface area contributed by atoms with Gasteiger partial charge in [-0.15, -0.1) is 0 Å². The fourth-order valence-electron chi connectivity index (χ4n) is 2.98. The van der Waals surface area contributed by atoms with E-state index in [1.807, 2.05) is 24.3 Å². The molecule has 1 unspecified atom stereocenters. The van der Waals surface area contributed by atoms with Crippen molar-refractivity contribution in [3.8, 4) is 11.4 Å². The molecule has 0 fully saturated rings. The van der Waals surface area contributed by atoms with Crippen LogP contribution in [0.3, 0.4) is 0 Å². The summed E-state index contributed by atoms with van der Waals surface area (Å²) < 4.78 is 18.8. The summed E-state index contributed by atoms with van der Waals surface area (Å²) in [6.07, 6.45) is 0. The van der Waals surface area contributed by atoms with E-state index in [1.54, 1.807) is 36.1 Å². The molecule has 0 radical (unpaired) electrons. The highest BCUT2D eigenvalue weighted by Gasteiger charge is 2.28. The molecule has 0 saturated carbocycles. The van der Waals surface area contributed by atoms with Crippen LogP contribution in [0.15, 0.2) is 48.5 Å². The fourth-order valence-corrected chi connectivity index (χ4v) is 4.43. The Labute approximate surface area is 163 Å². The SMILES string of the molecule is COc1ccc(-n2nc3c(c2NC(=O)c2cccc(Cl)c2)CS(=O)C3)cc1. The van der Waals surface area contributed by atoms with E-state index >= 15 is 0 Å². The van der Waals surface area contributed by atoms with E-state index < -0.39 is 10.8 Å². The van der Waals surface area contributed by atoms with Crippen LogP contribution in [0.25, 0.3) is 5.69 Å². The van der Waals surface area contributed by atoms with Crippen LogP contribution in [-0.2, 0) is 22.3 Å². The number of ether oxygens (including phenoxy) is 1. The summed E-state index contributed by atoms with van der Waals surface area (Å²) in [6.45, 7) is 0. The number of carbonyl (C=O) groups excluding carboxylic acids is 1. The van der Waals surface area contributed by atoms with Gasteiger partial charge in [-0.05, 0) is 42.5 Å². The number of rotatable bonds is 4. The van der Waals surface area contributed by atoms with Crippen molar-refractivity contribution in [3.05, 3.63) is 70.4 Å². The lowest BCUT2D eigenvalue weighted by Crippen LogP contribution is -2.16. The van der Waals surface area contributed by atoms with Crippen molar-refractivity contribution >= 4 is 34.1 Å². The number of carbonyl (C=O) groups is 1. The van der Waals surface area contributed by atoms with Gasteiger partial charge in [0.1, 0.15) is 11.6 Å². The summed E-state index contributed by atoms with van der Waals surface area (Å²) in [5.74, 6) is 1.72. The molecule has 27 heavy (non-hydrogen) atoms. The molecule has 2 aromatic carbocycles. The van der Waals surface area contributed by atoms with Crippen LogP contribution < -0.4 is 10.1 Å². The van der Waals surface area contributed by atoms with Gasteiger partial charge >= 0.3 is 0 Å². The first kappa shape index (κ1) is 17.8. The molecule has 1 amide bonds. The third-order valence-corrected chi connectivity index (χ3v) is 5.75. The Morgan fingerprint density at radius 3 is 2.70 bits per heavy atom. The van der Waals surface area contributed by atoms with Gasteiger partial charge in [-0.3, -0.25) is 9.00 Å². The quantitative estimate of drug-likeness (QED) is 0.725. The Balaban J connectivity index is 1.74. The average molecular weight is 402 g/mol. The maximum atomic E-state index is 12.7. The molecule has 0 saturated heterocycles. The molecule has 0 spiro atoms. The summed E-state index contributed by atoms with van der Waals surface area (Å²) in [4.78, 5) is 12.7. The van der Waals surface area contributed by atoms with Crippen molar-refractivity contribution in [1.82, 2.24) is 9.78 Å². The highest BCUT2D eigenvalue weighted by atomic mass is 35.5. The molecule has 1 N–H and O–H groups in total. The lowest BCUT2D eigenvalue weighted by Gasteiger charge is -2.12. The van der Waals surface area contributed by atoms with E-state index in [2.05, 4.69) is 10.4 Å². The zero-order valence-corrected chi connectivity index (χ0v) is 16.0. The van der Waals surface area contributed by atoms with Crippen LogP contribution in [0, 0.1) is 0 Å². The number of nitrogens with one attached hydrogen (secondary N) is 1. The van der Waals surface area contributed by atoms with Gasteiger partial charge in [-0.25, -0.2) is 4.68 Å². The minimum Gasteiger partial charge on any atom is -0.497 e. The van der Waals surface area contributed by atoms with Gasteiger partial charge < -0.3 is 10.1 Å². The molecular formula is C19H16ClN3O3S. The number of amides is 1. The zero-order valence-electron chi connectivity index (χ0n) is 14.4. The minimum absolute atomic E-state index is 0.298. The summed E-state index contributed by atoms with van der Waals surface area (Å²) >= 11 is 5.99. The smallest absolute Gasteiger partial charge is 0.256 e. The first-order chi connectivity index (χ1) is 13.0. The highest BCUT2D eigenvalue weighted by molar-refractivity contribution is 7.83. The zero-order chi connectivity index (χ0) is 19.0. The molecule has 1 aliphatic heterocycles. The molecule has 1 atom stereocenters. The lowest BCUT2D eigenvalue weighted by molar-refractivity contribution is 0.102. The number of benzene rings is 2. The number of aromatic nitrogens is 2. The number of nitrogens with zero attached hydrogens (tertiary/aromatic N) is 2. The molecule has 2 heterocycles. The Hall–Kier alpha value is -2.64. The second-order valence-electron chi connectivity index (χ2n) is 6.08. The van der Waals surface area contributed by atoms with Gasteiger partial charge in [-0.2, -0.15) is 5.10 Å². The molecule has 3 aromatic rings. The van der Waals surface area contributed by atoms with Gasteiger partial charge in [0.25, 0.3) is 5.91 Å². The van der Waals surface area contributed by atoms with Crippen molar-refractivity contribution < 1.29 is 13.7 Å². The van der Waals surface area contributed by atoms with E-state index in [9.17, 15) is 9.00 Å². The van der Waals surface area contributed by atoms with Gasteiger partial charge in [0.2, 0.25) is 0 Å². The van der Waals surface area contributed by atoms with Gasteiger partial charge in [-0.1, -0.05) is 17.7 Å². The first-order valence-electron chi connectivity index (χ1n) is 8.22. The van der Waals surface area contributed by atoms with Crippen molar-refractivity contribution in [2.45, 2.75) is 11.5 Å². The van der Waals surface area contributed by atoms with E-state index in [0.717, 1.165) is 22.7 Å². The minimum atomic E-state index is -0.999. The lowest BCUT2D eigenvalue weighted by atomic mass is 10.2. The Morgan fingerprint density at radius 2 is 2.00 bits per heavy atom. The summed E-state index contributed by atoms with van der Waals surface area (Å²) in [7, 11) is 0.601. The first-order valence-corrected chi connectivity index (χ1v) is 10.1. The second kappa shape index (κ2) is 7.17. The third kappa shape index (κ3) is 3.48. The van der Waals surface area contributed by atoms with Crippen LogP contribution in [-0.4, -0.2) is 27.0 Å². The number of hydrogen-bond acceptors (Lipinski definition) is 4. The van der Waals surface area contributed by atoms with E-state index in [-0.39, 0.29) is 5.91 Å². The second-order valence-corrected chi connectivity index (χ2v) is 7.97. The predicted octanol–water partition coefficient (Wildman–Crippen LogP) is 3.55. The Kier molecular flexibility index (Phi) is 4.72. The highest BCUT2D eigenvalue weighted by Crippen LogP contribution is 2.32. The molecule has 8 heteroatoms. The number of anilines is 1. The monoisotopic (exact) mass is 401 g/mol. The van der Waals surface area contributed by atoms with Gasteiger partial charge in [0.05, 0.1) is 30.0 Å². The largest absolute Gasteiger partial charge is 0.497 e. The summed E-state index contributed by atoms with van der Waals surface area (Å²) in [5.41, 5.74) is 2.76. The molecule has 138 valence electrons. The topological polar surface area (TPSA) is 73.2 Å². The Bertz CT molecular complexity index is 1050. The molecule has 1 aliphatic rings. The van der Waals surface area contributed by atoms with Crippen LogP contribution in [0.2, 0.25) is 5.02 Å². The van der Waals surface area contributed by atoms with Crippen molar-refractivity contribution in [2.75, 3.05) is 12.4 Å². The van der Waals surface area contributed by atoms with Gasteiger partial charge in [0.15, 0.2) is 0 Å². The molecule has 1 aromatic heterocycles. The summed E-state index contributed by atoms with van der Waals surface area (Å²) in [6, 6.07) is 14.1. The summed E-state index contributed by atoms with van der Waals surface area (Å²) in [5, 5.41) is 7.98. The fraction of sp³-hybridized carbons (Fsp3) is 0.158. The van der Waals surface area contributed by atoms with Gasteiger partial charge in [0, 0.05) is 26.9 Å². The van der Waals surface area contributed by atoms with Crippen LogP contribution in [0.5, 0.6) is 5.75 Å². The number of hydrogen-bond donors (Lipinski definition) is 1. The molecule has 4 rings (SSSR count). The normalized spacial score (nSPS) is 15.4. The van der Waals surface area contributed by atoms with Crippen molar-refractivity contribution in [2.24, 2.45) is 0 Å². The maximum absolute atomic E-state index is 12.7. The van der Waals surface area contributed by atoms with Crippen molar-refractivity contribution in [3.63, 3.8) is 0 Å². The van der Waals surface area contributed by atoms with E-state index in [1.165, 1.54) is 0 Å². The predicted molar refractivity (Wildman–Crippen MR) is 105 cm³/mol. The standard InChI is InChI=1S/C19H16ClN3O3S/c1-26-15-7-5-14(6-8-15)23-18(16-10-27(25)11-17(16)22-23)21-19(24)12-3-2-4-13(20)9-12/h2-9H,10-11H2,1H3,(H,21,24). The number of halogens is 1. The average Bonchev–Trinajstić information content (AvgIpc) is 3.19. The van der Waals surface area contributed by atoms with Crippen LogP contribution >= 0.6 is 11.6 Å². The molecular weight excluding hydrogens is 386 g/mol. The maximum Gasteiger partial charge on any atom is 0.256 e.